The average Bonchev–Trinajstić information content (AvgIpc) is 3.52. The number of carbonyl (C=O) groups is 1. The number of anilines is 1. The van der Waals surface area contributed by atoms with Crippen LogP contribution in [-0.4, -0.2) is 84.2 Å². The van der Waals surface area contributed by atoms with Crippen LogP contribution in [0.2, 0.25) is 0 Å². The number of aromatic amines is 2. The van der Waals surface area contributed by atoms with Gasteiger partial charge in [0.1, 0.15) is 16.9 Å². The van der Waals surface area contributed by atoms with E-state index in [-0.39, 0.29) is 6.03 Å². The summed E-state index contributed by atoms with van der Waals surface area (Å²) in [7, 11) is 2.05. The topological polar surface area (TPSA) is 136 Å². The second kappa shape index (κ2) is 8.71. The molecule has 0 aromatic carbocycles. The molecule has 0 radical (unpaired) electrons. The predicted molar refractivity (Wildman–Crippen MR) is 134 cm³/mol. The smallest absolute Gasteiger partial charge is 0.321 e. The number of imidazole rings is 1. The van der Waals surface area contributed by atoms with Crippen LogP contribution in [0.1, 0.15) is 0 Å². The highest BCUT2D eigenvalue weighted by Crippen LogP contribution is 2.31. The minimum absolute atomic E-state index is 0.134. The van der Waals surface area contributed by atoms with Gasteiger partial charge < -0.3 is 20.1 Å². The zero-order valence-corrected chi connectivity index (χ0v) is 19.4. The highest BCUT2D eigenvalue weighted by Gasteiger charge is 2.20. The Labute approximate surface area is 205 Å². The maximum Gasteiger partial charge on any atom is 0.321 e. The average molecular weight is 480 g/mol. The molecule has 12 nitrogen and oxygen atoms in total. The molecular weight excluding hydrogens is 458 g/mol. The summed E-state index contributed by atoms with van der Waals surface area (Å²) >= 11 is 0. The molecule has 1 aliphatic heterocycles. The van der Waals surface area contributed by atoms with Crippen molar-refractivity contribution >= 4 is 39.6 Å². The largest absolute Gasteiger partial charge is 0.322 e. The lowest BCUT2D eigenvalue weighted by Crippen LogP contribution is -2.48. The van der Waals surface area contributed by atoms with Gasteiger partial charge in [-0.2, -0.15) is 5.10 Å². The van der Waals surface area contributed by atoms with E-state index in [0.29, 0.717) is 52.8 Å². The number of likely N-dealkylation sites (N-methyl/N-ethyl adjacent to an activating group) is 1. The lowest BCUT2D eigenvalue weighted by molar-refractivity contribution is 0.164. The number of nitrogens with one attached hydrogen (secondary N) is 3. The first-order chi connectivity index (χ1) is 17.6. The van der Waals surface area contributed by atoms with Gasteiger partial charge in [0.05, 0.1) is 23.8 Å². The van der Waals surface area contributed by atoms with Crippen molar-refractivity contribution in [3.05, 3.63) is 54.4 Å². The number of urea groups is 1. The van der Waals surface area contributed by atoms with Gasteiger partial charge in [0.25, 0.3) is 0 Å². The van der Waals surface area contributed by atoms with E-state index >= 15 is 0 Å². The standard InChI is InChI=1S/C24H21N11O/c1-25-18-3-4-27-22-20(18)30-23(31-22)19-17-10-15(12-28-21(17)33-32-19)14-9-16(13-26-11-14)29-24(36)35-7-5-34(2)6-8-35/h3-4,9-13H,5-8H2,2H3,(H,29,36)(H,27,30,31)(H,28,32,33). The van der Waals surface area contributed by atoms with Gasteiger partial charge >= 0.3 is 6.03 Å². The zero-order valence-electron chi connectivity index (χ0n) is 19.4. The van der Waals surface area contributed by atoms with Crippen molar-refractivity contribution in [2.75, 3.05) is 38.5 Å². The molecule has 2 amide bonds. The summed E-state index contributed by atoms with van der Waals surface area (Å²) in [5.41, 5.74) is 4.82. The zero-order chi connectivity index (χ0) is 24.6. The van der Waals surface area contributed by atoms with E-state index in [1.165, 1.54) is 0 Å². The number of nitrogens with zero attached hydrogens (tertiary/aromatic N) is 8. The number of rotatable bonds is 3. The molecule has 1 saturated heterocycles. The molecule has 5 aromatic heterocycles. The van der Waals surface area contributed by atoms with Gasteiger partial charge in [-0.1, -0.05) is 0 Å². The molecule has 1 aliphatic rings. The maximum absolute atomic E-state index is 12.7. The van der Waals surface area contributed by atoms with E-state index < -0.39 is 0 Å². The number of hydrogen-bond acceptors (Lipinski definition) is 7. The van der Waals surface area contributed by atoms with Gasteiger partial charge in [0.15, 0.2) is 11.5 Å². The number of pyridine rings is 3. The van der Waals surface area contributed by atoms with Gasteiger partial charge in [-0.25, -0.2) is 24.6 Å². The van der Waals surface area contributed by atoms with Gasteiger partial charge in [0.2, 0.25) is 5.69 Å². The first kappa shape index (κ1) is 21.6. The first-order valence-electron chi connectivity index (χ1n) is 11.4. The van der Waals surface area contributed by atoms with Crippen molar-refractivity contribution in [2.45, 2.75) is 0 Å². The van der Waals surface area contributed by atoms with Crippen LogP contribution in [0.4, 0.5) is 16.2 Å². The summed E-state index contributed by atoms with van der Waals surface area (Å²) in [5.74, 6) is 0.491. The lowest BCUT2D eigenvalue weighted by atomic mass is 10.1. The number of H-pyrrole nitrogens is 2. The van der Waals surface area contributed by atoms with Crippen molar-refractivity contribution in [3.8, 4) is 22.6 Å². The summed E-state index contributed by atoms with van der Waals surface area (Å²) < 4.78 is 0. The van der Waals surface area contributed by atoms with Crippen LogP contribution in [0.25, 0.3) is 49.7 Å². The molecule has 0 saturated carbocycles. The third-order valence-electron chi connectivity index (χ3n) is 6.24. The fourth-order valence-corrected chi connectivity index (χ4v) is 4.22. The van der Waals surface area contributed by atoms with E-state index in [9.17, 15) is 4.79 Å². The third kappa shape index (κ3) is 3.87. The van der Waals surface area contributed by atoms with Crippen LogP contribution in [0.5, 0.6) is 0 Å². The Kier molecular flexibility index (Phi) is 5.24. The molecule has 5 aromatic rings. The fraction of sp³-hybridized carbons (Fsp3) is 0.208. The summed E-state index contributed by atoms with van der Waals surface area (Å²) in [6, 6.07) is 5.31. The van der Waals surface area contributed by atoms with E-state index in [1.54, 1.807) is 35.8 Å². The van der Waals surface area contributed by atoms with E-state index in [2.05, 4.69) is 57.2 Å². The van der Waals surface area contributed by atoms with Gasteiger partial charge in [-0.15, -0.1) is 0 Å². The molecule has 0 bridgehead atoms. The molecule has 0 atom stereocenters. The van der Waals surface area contributed by atoms with Crippen molar-refractivity contribution in [1.29, 1.82) is 0 Å². The maximum atomic E-state index is 12.7. The van der Waals surface area contributed by atoms with Crippen LogP contribution in [0, 0.1) is 6.57 Å². The Balaban J connectivity index is 1.31. The van der Waals surface area contributed by atoms with Crippen LogP contribution in [0.15, 0.2) is 43.0 Å². The Bertz CT molecular complexity index is 1640. The van der Waals surface area contributed by atoms with Crippen LogP contribution >= 0.6 is 0 Å². The number of carbonyl (C=O) groups excluding carboxylic acids is 1. The molecule has 6 heterocycles. The fourth-order valence-electron chi connectivity index (χ4n) is 4.22. The van der Waals surface area contributed by atoms with Crippen LogP contribution in [-0.2, 0) is 0 Å². The Morgan fingerprint density at radius 2 is 1.92 bits per heavy atom. The first-order valence-corrected chi connectivity index (χ1v) is 11.4. The van der Waals surface area contributed by atoms with Crippen LogP contribution in [0.3, 0.4) is 0 Å². The molecular formula is C24H21N11O. The number of aromatic nitrogens is 7. The SMILES string of the molecule is [C-]#[N+]c1ccnc2[nH]c(-c3n[nH]c4ncc(-c5cncc(NC(=O)N6CCN(C)CC6)c5)cc34)nc12. The number of hydrogen-bond donors (Lipinski definition) is 3. The Morgan fingerprint density at radius 3 is 2.75 bits per heavy atom. The molecule has 6 rings (SSSR count). The minimum atomic E-state index is -0.134. The highest BCUT2D eigenvalue weighted by molar-refractivity contribution is 5.95. The second-order valence-electron chi connectivity index (χ2n) is 8.60. The molecule has 12 heteroatoms. The molecule has 0 aliphatic carbocycles. The summed E-state index contributed by atoms with van der Waals surface area (Å²) in [6.45, 7) is 10.4. The normalized spacial score (nSPS) is 14.3. The lowest BCUT2D eigenvalue weighted by Gasteiger charge is -2.32. The van der Waals surface area contributed by atoms with Crippen molar-refractivity contribution in [3.63, 3.8) is 0 Å². The minimum Gasteiger partial charge on any atom is -0.322 e. The van der Waals surface area contributed by atoms with Gasteiger partial charge in [-0.3, -0.25) is 10.1 Å². The number of fused-ring (bicyclic) bond motifs is 2. The molecule has 0 spiro atoms. The second-order valence-corrected chi connectivity index (χ2v) is 8.60. The molecule has 36 heavy (non-hydrogen) atoms. The third-order valence-corrected chi connectivity index (χ3v) is 6.24. The summed E-state index contributed by atoms with van der Waals surface area (Å²) in [6.07, 6.45) is 6.65. The number of piperazine rings is 1. The Morgan fingerprint density at radius 1 is 1.08 bits per heavy atom. The van der Waals surface area contributed by atoms with Gasteiger partial charge in [-0.05, 0) is 25.2 Å². The van der Waals surface area contributed by atoms with Crippen molar-refractivity contribution < 1.29 is 4.79 Å². The molecule has 0 unspecified atom stereocenters. The quantitative estimate of drug-likeness (QED) is 0.338. The molecule has 3 N–H and O–H groups in total. The highest BCUT2D eigenvalue weighted by atomic mass is 16.2. The van der Waals surface area contributed by atoms with Gasteiger partial charge in [0, 0.05) is 55.9 Å². The summed E-state index contributed by atoms with van der Waals surface area (Å²) in [4.78, 5) is 41.0. The Hall–Kier alpha value is -4.89. The molecule has 1 fully saturated rings. The van der Waals surface area contributed by atoms with Crippen molar-refractivity contribution in [1.82, 2.24) is 44.9 Å². The number of amides is 2. The molecule has 178 valence electrons. The van der Waals surface area contributed by atoms with Crippen LogP contribution < -0.4 is 5.32 Å². The predicted octanol–water partition coefficient (Wildman–Crippen LogP) is 3.29. The monoisotopic (exact) mass is 479 g/mol. The van der Waals surface area contributed by atoms with E-state index in [1.807, 2.05) is 12.1 Å². The van der Waals surface area contributed by atoms with E-state index in [0.717, 1.165) is 29.6 Å². The summed E-state index contributed by atoms with van der Waals surface area (Å²) in [5, 5.41) is 11.0. The van der Waals surface area contributed by atoms with Crippen molar-refractivity contribution in [2.24, 2.45) is 0 Å². The van der Waals surface area contributed by atoms with E-state index in [4.69, 9.17) is 6.57 Å².